The van der Waals surface area contributed by atoms with E-state index in [1.165, 1.54) is 56.6 Å². The van der Waals surface area contributed by atoms with Gasteiger partial charge in [-0.05, 0) is 62.2 Å². The maximum absolute atomic E-state index is 14.3. The van der Waals surface area contributed by atoms with Gasteiger partial charge < -0.3 is 24.4 Å². The van der Waals surface area contributed by atoms with E-state index in [9.17, 15) is 18.0 Å². The molecule has 1 unspecified atom stereocenters. The average Bonchev–Trinajstić information content (AvgIpc) is 2.99. The topological polar surface area (TPSA) is 114 Å². The van der Waals surface area contributed by atoms with Crippen LogP contribution in [0.25, 0.3) is 0 Å². The summed E-state index contributed by atoms with van der Waals surface area (Å²) in [6, 6.07) is 14.4. The van der Waals surface area contributed by atoms with Crippen molar-refractivity contribution in [1.82, 2.24) is 10.2 Å². The molecule has 238 valence electrons. The Morgan fingerprint density at radius 3 is 2.11 bits per heavy atom. The number of amides is 2. The number of benzene rings is 3. The highest BCUT2D eigenvalue weighted by atomic mass is 35.5. The van der Waals surface area contributed by atoms with E-state index in [0.717, 1.165) is 4.31 Å². The molecule has 2 amide bonds. The van der Waals surface area contributed by atoms with Crippen molar-refractivity contribution in [2.24, 2.45) is 0 Å². The van der Waals surface area contributed by atoms with Crippen molar-refractivity contribution in [3.8, 4) is 17.2 Å². The fraction of sp³-hybridized carbons (Fsp3) is 0.355. The molecule has 0 bridgehead atoms. The van der Waals surface area contributed by atoms with Crippen LogP contribution in [-0.2, 0) is 26.2 Å². The molecule has 0 aromatic heterocycles. The Bertz CT molecular complexity index is 1580. The van der Waals surface area contributed by atoms with Crippen molar-refractivity contribution < 1.29 is 32.2 Å². The molecular weight excluding hydrogens is 629 g/mol. The Kier molecular flexibility index (Phi) is 12.2. The van der Waals surface area contributed by atoms with Gasteiger partial charge in [0.15, 0.2) is 11.5 Å². The summed E-state index contributed by atoms with van der Waals surface area (Å²) in [5.74, 6) is -0.371. The molecule has 10 nitrogen and oxygen atoms in total. The van der Waals surface area contributed by atoms with E-state index in [0.29, 0.717) is 16.3 Å². The Morgan fingerprint density at radius 1 is 0.886 bits per heavy atom. The van der Waals surface area contributed by atoms with Crippen molar-refractivity contribution in [2.45, 2.75) is 50.7 Å². The third-order valence-electron chi connectivity index (χ3n) is 6.75. The standard InChI is InChI=1S/C31H37Cl2N3O7S/c1-7-25(31(38)34-20(2)3)35(18-21-10-8-9-11-24(21)33)30(37)19-36(26-16-22(32)12-14-27(26)41-4)44(39,40)23-13-15-28(42-5)29(17-23)43-6/h8-17,20,25H,7,18-19H2,1-6H3,(H,34,38). The van der Waals surface area contributed by atoms with Crippen LogP contribution in [0, 0.1) is 0 Å². The number of halogens is 2. The van der Waals surface area contributed by atoms with E-state index < -0.39 is 28.5 Å². The van der Waals surface area contributed by atoms with Crippen LogP contribution in [0.1, 0.15) is 32.8 Å². The highest BCUT2D eigenvalue weighted by Crippen LogP contribution is 2.37. The van der Waals surface area contributed by atoms with Crippen LogP contribution in [0.3, 0.4) is 0 Å². The van der Waals surface area contributed by atoms with Crippen LogP contribution >= 0.6 is 23.2 Å². The van der Waals surface area contributed by atoms with Crippen LogP contribution in [-0.4, -0.2) is 65.1 Å². The molecule has 0 aliphatic heterocycles. The molecule has 0 saturated heterocycles. The Labute approximate surface area is 268 Å². The largest absolute Gasteiger partial charge is 0.495 e. The highest BCUT2D eigenvalue weighted by molar-refractivity contribution is 7.92. The van der Waals surface area contributed by atoms with Gasteiger partial charge in [0, 0.05) is 28.7 Å². The normalized spacial score (nSPS) is 11.9. The maximum atomic E-state index is 14.3. The lowest BCUT2D eigenvalue weighted by atomic mass is 10.1. The predicted molar refractivity (Wildman–Crippen MR) is 171 cm³/mol. The van der Waals surface area contributed by atoms with E-state index in [2.05, 4.69) is 5.32 Å². The fourth-order valence-electron chi connectivity index (χ4n) is 4.59. The molecule has 0 saturated carbocycles. The molecule has 3 aromatic rings. The summed E-state index contributed by atoms with van der Waals surface area (Å²) >= 11 is 12.8. The number of ether oxygens (including phenoxy) is 3. The second kappa shape index (κ2) is 15.4. The zero-order valence-electron chi connectivity index (χ0n) is 25.5. The van der Waals surface area contributed by atoms with Gasteiger partial charge in [0.05, 0.1) is 31.9 Å². The molecule has 1 N–H and O–H groups in total. The lowest BCUT2D eigenvalue weighted by Crippen LogP contribution is -2.53. The SMILES string of the molecule is CCC(C(=O)NC(C)C)N(Cc1ccccc1Cl)C(=O)CN(c1cc(Cl)ccc1OC)S(=O)(=O)c1ccc(OC)c(OC)c1. The van der Waals surface area contributed by atoms with Gasteiger partial charge in [0.2, 0.25) is 11.8 Å². The predicted octanol–water partition coefficient (Wildman–Crippen LogP) is 5.55. The molecule has 44 heavy (non-hydrogen) atoms. The van der Waals surface area contributed by atoms with Gasteiger partial charge in [-0.25, -0.2) is 8.42 Å². The van der Waals surface area contributed by atoms with Crippen molar-refractivity contribution in [2.75, 3.05) is 32.2 Å². The van der Waals surface area contributed by atoms with E-state index >= 15 is 0 Å². The van der Waals surface area contributed by atoms with Gasteiger partial charge in [-0.15, -0.1) is 0 Å². The smallest absolute Gasteiger partial charge is 0.265 e. The first-order chi connectivity index (χ1) is 20.9. The lowest BCUT2D eigenvalue weighted by molar-refractivity contribution is -0.140. The third-order valence-corrected chi connectivity index (χ3v) is 9.11. The van der Waals surface area contributed by atoms with Crippen LogP contribution in [0.15, 0.2) is 65.6 Å². The molecule has 3 rings (SSSR count). The summed E-state index contributed by atoms with van der Waals surface area (Å²) in [6.45, 7) is 4.67. The summed E-state index contributed by atoms with van der Waals surface area (Å²) < 4.78 is 45.7. The monoisotopic (exact) mass is 665 g/mol. The minimum Gasteiger partial charge on any atom is -0.495 e. The van der Waals surface area contributed by atoms with Gasteiger partial charge >= 0.3 is 0 Å². The number of methoxy groups -OCH3 is 3. The van der Waals surface area contributed by atoms with Crippen molar-refractivity contribution in [3.63, 3.8) is 0 Å². The Balaban J connectivity index is 2.19. The Hall–Kier alpha value is -3.67. The van der Waals surface area contributed by atoms with E-state index in [1.54, 1.807) is 37.3 Å². The zero-order valence-corrected chi connectivity index (χ0v) is 27.8. The van der Waals surface area contributed by atoms with Crippen LogP contribution in [0.2, 0.25) is 10.0 Å². The molecule has 13 heteroatoms. The minimum atomic E-state index is -4.46. The number of carbonyl (C=O) groups excluding carboxylic acids is 2. The highest BCUT2D eigenvalue weighted by Gasteiger charge is 2.35. The molecule has 0 aliphatic carbocycles. The Morgan fingerprint density at radius 2 is 1.52 bits per heavy atom. The summed E-state index contributed by atoms with van der Waals surface area (Å²) in [4.78, 5) is 28.8. The van der Waals surface area contributed by atoms with Gasteiger partial charge in [-0.1, -0.05) is 48.3 Å². The number of anilines is 1. The molecule has 0 fully saturated rings. The fourth-order valence-corrected chi connectivity index (χ4v) is 6.38. The molecule has 3 aromatic carbocycles. The maximum Gasteiger partial charge on any atom is 0.265 e. The second-order valence-electron chi connectivity index (χ2n) is 10.0. The molecule has 1 atom stereocenters. The number of sulfonamides is 1. The number of carbonyl (C=O) groups is 2. The van der Waals surface area contributed by atoms with Crippen molar-refractivity contribution in [3.05, 3.63) is 76.3 Å². The van der Waals surface area contributed by atoms with Crippen LogP contribution in [0.5, 0.6) is 17.2 Å². The number of rotatable bonds is 14. The number of hydrogen-bond donors (Lipinski definition) is 1. The first-order valence-electron chi connectivity index (χ1n) is 13.8. The van der Waals surface area contributed by atoms with Crippen LogP contribution in [0.4, 0.5) is 5.69 Å². The van der Waals surface area contributed by atoms with E-state index in [1.807, 2.05) is 13.8 Å². The second-order valence-corrected chi connectivity index (χ2v) is 12.8. The average molecular weight is 667 g/mol. The molecule has 0 heterocycles. The number of nitrogens with zero attached hydrogens (tertiary/aromatic N) is 2. The molecule has 0 spiro atoms. The molecule has 0 radical (unpaired) electrons. The number of nitrogens with one attached hydrogen (secondary N) is 1. The van der Waals surface area contributed by atoms with Gasteiger partial charge in [0.25, 0.3) is 10.0 Å². The van der Waals surface area contributed by atoms with Gasteiger partial charge in [-0.3, -0.25) is 13.9 Å². The summed E-state index contributed by atoms with van der Waals surface area (Å²) in [5.41, 5.74) is 0.619. The first kappa shape index (κ1) is 34.8. The van der Waals surface area contributed by atoms with Gasteiger partial charge in [-0.2, -0.15) is 0 Å². The molecular formula is C31H37Cl2N3O7S. The summed E-state index contributed by atoms with van der Waals surface area (Å²) in [6.07, 6.45) is 0.262. The zero-order chi connectivity index (χ0) is 32.6. The molecule has 0 aliphatic rings. The van der Waals surface area contributed by atoms with E-state index in [4.69, 9.17) is 37.4 Å². The van der Waals surface area contributed by atoms with E-state index in [-0.39, 0.29) is 52.0 Å². The van der Waals surface area contributed by atoms with Crippen molar-refractivity contribution >= 4 is 50.7 Å². The third kappa shape index (κ3) is 8.08. The van der Waals surface area contributed by atoms with Crippen LogP contribution < -0.4 is 23.8 Å². The minimum absolute atomic E-state index is 0.0282. The van der Waals surface area contributed by atoms with Crippen molar-refractivity contribution in [1.29, 1.82) is 0 Å². The summed E-state index contributed by atoms with van der Waals surface area (Å²) in [7, 11) is -0.264. The number of hydrogen-bond acceptors (Lipinski definition) is 7. The first-order valence-corrected chi connectivity index (χ1v) is 16.0. The summed E-state index contributed by atoms with van der Waals surface area (Å²) in [5, 5.41) is 3.48. The quantitative estimate of drug-likeness (QED) is 0.240. The van der Waals surface area contributed by atoms with Gasteiger partial charge in [0.1, 0.15) is 18.3 Å². The lowest BCUT2D eigenvalue weighted by Gasteiger charge is -2.34.